The van der Waals surface area contributed by atoms with Crippen molar-refractivity contribution in [2.75, 3.05) is 17.2 Å². The molecule has 0 aliphatic carbocycles. The van der Waals surface area contributed by atoms with Crippen molar-refractivity contribution in [2.45, 2.75) is 51.4 Å². The Morgan fingerprint density at radius 3 is 2.59 bits per heavy atom. The number of rotatable bonds is 6. The van der Waals surface area contributed by atoms with E-state index in [0.29, 0.717) is 30.0 Å². The van der Waals surface area contributed by atoms with Gasteiger partial charge in [-0.3, -0.25) is 4.79 Å². The molecular formula is C20H26N4O5. The Kier molecular flexibility index (Phi) is 6.84. The van der Waals surface area contributed by atoms with Crippen molar-refractivity contribution < 1.29 is 24.0 Å². The predicted octanol–water partition coefficient (Wildman–Crippen LogP) is 2.35. The lowest BCUT2D eigenvalue weighted by molar-refractivity contribution is -0.126. The molecule has 9 heteroatoms. The molecule has 4 N–H and O–H groups in total. The molecule has 1 aliphatic rings. The fourth-order valence-corrected chi connectivity index (χ4v) is 3.37. The van der Waals surface area contributed by atoms with Crippen LogP contribution in [-0.4, -0.2) is 47.1 Å². The van der Waals surface area contributed by atoms with Gasteiger partial charge in [0, 0.05) is 5.69 Å². The van der Waals surface area contributed by atoms with Crippen LogP contribution in [0.25, 0.3) is 0 Å². The van der Waals surface area contributed by atoms with Crippen molar-refractivity contribution >= 4 is 23.3 Å². The molecular weight excluding hydrogens is 376 g/mol. The number of amides is 3. The van der Waals surface area contributed by atoms with Crippen molar-refractivity contribution in [2.24, 2.45) is 0 Å². The van der Waals surface area contributed by atoms with Gasteiger partial charge in [-0.25, -0.2) is 4.79 Å². The minimum absolute atomic E-state index is 0.152. The molecule has 0 bridgehead atoms. The van der Waals surface area contributed by atoms with Gasteiger partial charge in [-0.05, 0) is 38.8 Å². The fourth-order valence-electron chi connectivity index (χ4n) is 3.37. The second-order valence-electron chi connectivity index (χ2n) is 7.08. The Morgan fingerprint density at radius 2 is 1.93 bits per heavy atom. The van der Waals surface area contributed by atoms with Gasteiger partial charge in [0.1, 0.15) is 17.5 Å². The Balaban J connectivity index is 1.50. The second kappa shape index (κ2) is 9.53. The number of benzene rings is 1. The van der Waals surface area contributed by atoms with Gasteiger partial charge < -0.3 is 30.3 Å². The summed E-state index contributed by atoms with van der Waals surface area (Å²) in [6.07, 6.45) is 0.454. The highest BCUT2D eigenvalue weighted by atomic mass is 16.5. The average molecular weight is 402 g/mol. The van der Waals surface area contributed by atoms with Crippen LogP contribution in [0.4, 0.5) is 16.2 Å². The molecule has 0 radical (unpaired) electrons. The van der Waals surface area contributed by atoms with Crippen LogP contribution in [0.1, 0.15) is 30.7 Å². The van der Waals surface area contributed by atoms with E-state index in [1.807, 2.05) is 30.3 Å². The molecule has 2 heterocycles. The summed E-state index contributed by atoms with van der Waals surface area (Å²) >= 11 is 0. The first-order valence-corrected chi connectivity index (χ1v) is 9.58. The van der Waals surface area contributed by atoms with Crippen molar-refractivity contribution in [3.05, 3.63) is 41.8 Å². The lowest BCUT2D eigenvalue weighted by Gasteiger charge is -2.35. The van der Waals surface area contributed by atoms with Crippen LogP contribution in [0.3, 0.4) is 0 Å². The largest absolute Gasteiger partial charge is 0.394 e. The Labute approximate surface area is 168 Å². The number of aliphatic hydroxyl groups is 1. The van der Waals surface area contributed by atoms with Gasteiger partial charge in [0.25, 0.3) is 0 Å². The van der Waals surface area contributed by atoms with Crippen LogP contribution in [-0.2, 0) is 9.53 Å². The first kappa shape index (κ1) is 20.8. The third-order valence-corrected chi connectivity index (χ3v) is 4.85. The standard InChI is InChI=1S/C20H26N4O5/c1-12-19(13(2)29-24-12)23-20(27)22-16-9-8-15(28-17(16)11-25)10-18(26)21-14-6-4-3-5-7-14/h3-7,15-17,25H,8-11H2,1-2H3,(H,21,26)(H2,22,23,27)/t15-,16+,17+/m1/s1. The number of nitrogens with zero attached hydrogens (tertiary/aromatic N) is 1. The molecule has 0 saturated carbocycles. The number of aliphatic hydroxyl groups excluding tert-OH is 1. The molecule has 1 fully saturated rings. The number of anilines is 2. The molecule has 2 aromatic rings. The molecule has 1 aliphatic heterocycles. The molecule has 9 nitrogen and oxygen atoms in total. The van der Waals surface area contributed by atoms with Gasteiger partial charge in [0.2, 0.25) is 5.91 Å². The molecule has 1 saturated heterocycles. The molecule has 156 valence electrons. The fraction of sp³-hybridized carbons (Fsp3) is 0.450. The van der Waals surface area contributed by atoms with Crippen LogP contribution < -0.4 is 16.0 Å². The van der Waals surface area contributed by atoms with Gasteiger partial charge >= 0.3 is 6.03 Å². The minimum Gasteiger partial charge on any atom is -0.394 e. The Hall–Kier alpha value is -2.91. The van der Waals surface area contributed by atoms with E-state index in [-0.39, 0.29) is 31.1 Å². The van der Waals surface area contributed by atoms with Gasteiger partial charge in [-0.15, -0.1) is 0 Å². The lowest BCUT2D eigenvalue weighted by Crippen LogP contribution is -2.52. The Bertz CT molecular complexity index is 819. The molecule has 3 amide bonds. The second-order valence-corrected chi connectivity index (χ2v) is 7.08. The van der Waals surface area contributed by atoms with E-state index in [2.05, 4.69) is 21.1 Å². The summed E-state index contributed by atoms with van der Waals surface area (Å²) in [6, 6.07) is 8.40. The number of ether oxygens (including phenoxy) is 1. The molecule has 0 unspecified atom stereocenters. The summed E-state index contributed by atoms with van der Waals surface area (Å²) in [6.45, 7) is 3.19. The van der Waals surface area contributed by atoms with Gasteiger partial charge in [-0.1, -0.05) is 23.4 Å². The van der Waals surface area contributed by atoms with E-state index in [0.717, 1.165) is 5.69 Å². The summed E-state index contributed by atoms with van der Waals surface area (Å²) in [5, 5.41) is 21.8. The molecule has 3 atom stereocenters. The van der Waals surface area contributed by atoms with Gasteiger partial charge in [-0.2, -0.15) is 0 Å². The van der Waals surface area contributed by atoms with Crippen molar-refractivity contribution in [1.29, 1.82) is 0 Å². The van der Waals surface area contributed by atoms with Crippen LogP contribution in [0, 0.1) is 13.8 Å². The summed E-state index contributed by atoms with van der Waals surface area (Å²) in [7, 11) is 0. The maximum absolute atomic E-state index is 12.3. The highest BCUT2D eigenvalue weighted by molar-refractivity contribution is 5.91. The monoisotopic (exact) mass is 402 g/mol. The van der Waals surface area contributed by atoms with Gasteiger partial charge in [0.05, 0.1) is 25.2 Å². The van der Waals surface area contributed by atoms with Crippen LogP contribution in [0.5, 0.6) is 0 Å². The number of aryl methyl sites for hydroxylation is 2. The van der Waals surface area contributed by atoms with Crippen molar-refractivity contribution in [1.82, 2.24) is 10.5 Å². The van der Waals surface area contributed by atoms with E-state index >= 15 is 0 Å². The van der Waals surface area contributed by atoms with Crippen LogP contribution >= 0.6 is 0 Å². The maximum Gasteiger partial charge on any atom is 0.319 e. The summed E-state index contributed by atoms with van der Waals surface area (Å²) < 4.78 is 10.9. The molecule has 3 rings (SSSR count). The zero-order valence-corrected chi connectivity index (χ0v) is 16.5. The van der Waals surface area contributed by atoms with Crippen LogP contribution in [0.15, 0.2) is 34.9 Å². The molecule has 29 heavy (non-hydrogen) atoms. The number of aromatic nitrogens is 1. The normalized spacial score (nSPS) is 21.4. The molecule has 1 aromatic heterocycles. The van der Waals surface area contributed by atoms with Crippen molar-refractivity contribution in [3.63, 3.8) is 0 Å². The smallest absolute Gasteiger partial charge is 0.319 e. The highest BCUT2D eigenvalue weighted by Gasteiger charge is 2.33. The lowest BCUT2D eigenvalue weighted by atomic mass is 9.97. The maximum atomic E-state index is 12.3. The van der Waals surface area contributed by atoms with E-state index in [1.54, 1.807) is 13.8 Å². The third-order valence-electron chi connectivity index (χ3n) is 4.85. The first-order chi connectivity index (χ1) is 14.0. The number of carbonyl (C=O) groups excluding carboxylic acids is 2. The summed E-state index contributed by atoms with van der Waals surface area (Å²) in [4.78, 5) is 24.5. The van der Waals surface area contributed by atoms with Crippen molar-refractivity contribution in [3.8, 4) is 0 Å². The number of nitrogens with one attached hydrogen (secondary N) is 3. The minimum atomic E-state index is -0.589. The number of urea groups is 1. The summed E-state index contributed by atoms with van der Waals surface area (Å²) in [5.74, 6) is 0.362. The van der Waals surface area contributed by atoms with Gasteiger partial charge in [0.15, 0.2) is 5.76 Å². The highest BCUT2D eigenvalue weighted by Crippen LogP contribution is 2.23. The molecule has 1 aromatic carbocycles. The quantitative estimate of drug-likeness (QED) is 0.588. The third kappa shape index (κ3) is 5.55. The Morgan fingerprint density at radius 1 is 1.17 bits per heavy atom. The number of para-hydroxylation sites is 1. The number of hydrogen-bond acceptors (Lipinski definition) is 6. The zero-order valence-electron chi connectivity index (χ0n) is 16.5. The number of carbonyl (C=O) groups is 2. The van der Waals surface area contributed by atoms with E-state index in [9.17, 15) is 14.7 Å². The van der Waals surface area contributed by atoms with E-state index in [1.165, 1.54) is 0 Å². The average Bonchev–Trinajstić information content (AvgIpc) is 3.01. The summed E-state index contributed by atoms with van der Waals surface area (Å²) in [5.41, 5.74) is 1.83. The van der Waals surface area contributed by atoms with E-state index in [4.69, 9.17) is 9.26 Å². The topological polar surface area (TPSA) is 126 Å². The zero-order chi connectivity index (χ0) is 20.8. The molecule has 0 spiro atoms. The number of hydrogen-bond donors (Lipinski definition) is 4. The SMILES string of the molecule is Cc1noc(C)c1NC(=O)N[C@H]1CC[C@H](CC(=O)Nc2ccccc2)O[C@H]1CO. The van der Waals surface area contributed by atoms with E-state index < -0.39 is 12.1 Å². The first-order valence-electron chi connectivity index (χ1n) is 9.58. The van der Waals surface area contributed by atoms with Crippen LogP contribution in [0.2, 0.25) is 0 Å². The predicted molar refractivity (Wildman–Crippen MR) is 107 cm³/mol.